The van der Waals surface area contributed by atoms with Gasteiger partial charge in [-0.25, -0.2) is 0 Å². The van der Waals surface area contributed by atoms with Crippen LogP contribution in [0, 0.1) is 65.1 Å². The molecule has 0 aromatic heterocycles. The molecule has 5 heteroatoms. The third-order valence-corrected chi connectivity index (χ3v) is 12.0. The van der Waals surface area contributed by atoms with Gasteiger partial charge in [-0.05, 0) is 129 Å². The largest absolute Gasteiger partial charge is 0.327 e. The van der Waals surface area contributed by atoms with E-state index < -0.39 is 0 Å². The summed E-state index contributed by atoms with van der Waals surface area (Å²) in [7, 11) is 6.39. The highest BCUT2D eigenvalue weighted by Gasteiger charge is 2.53. The van der Waals surface area contributed by atoms with Gasteiger partial charge in [-0.2, -0.15) is 12.6 Å². The number of hydrogen-bond acceptors (Lipinski definition) is 4. The summed E-state index contributed by atoms with van der Waals surface area (Å²) in [6.07, 6.45) is 14.7. The summed E-state index contributed by atoms with van der Waals surface area (Å²) in [5, 5.41) is 0.540. The first-order chi connectivity index (χ1) is 15.8. The van der Waals surface area contributed by atoms with E-state index in [0.29, 0.717) is 29.2 Å². The summed E-state index contributed by atoms with van der Waals surface area (Å²) in [4.78, 5) is 0. The Morgan fingerprint density at radius 2 is 1.39 bits per heavy atom. The van der Waals surface area contributed by atoms with Crippen molar-refractivity contribution in [3.05, 3.63) is 0 Å². The van der Waals surface area contributed by atoms with Gasteiger partial charge in [0.15, 0.2) is 0 Å². The van der Waals surface area contributed by atoms with E-state index in [0.717, 1.165) is 65.1 Å². The molecule has 6 saturated carbocycles. The van der Waals surface area contributed by atoms with Gasteiger partial charge in [0.2, 0.25) is 0 Å². The smallest absolute Gasteiger partial charge is 0.0703 e. The van der Waals surface area contributed by atoms with Gasteiger partial charge in [-0.15, -0.1) is 0 Å². The first kappa shape index (κ1) is 23.7. The van der Waals surface area contributed by atoms with Crippen LogP contribution in [-0.4, -0.2) is 31.2 Å². The van der Waals surface area contributed by atoms with E-state index in [2.05, 4.69) is 6.92 Å². The highest BCUT2D eigenvalue weighted by atomic mass is 32.1. The van der Waals surface area contributed by atoms with Crippen LogP contribution >= 0.6 is 12.6 Å². The molecule has 6 N–H and O–H groups in total. The number of rotatable bonds is 8. The monoisotopic (exact) mass is 469 g/mol. The van der Waals surface area contributed by atoms with Crippen molar-refractivity contribution in [2.45, 2.75) is 107 Å². The molecule has 0 spiro atoms. The van der Waals surface area contributed by atoms with E-state index >= 15 is 0 Å². The first-order valence-electron chi connectivity index (χ1n) is 14.5. The SMILES string of the molecule is [B]C1CC1C1C(S)C[C@@H](C)CC1CC(CC1CC(C2CC2N)CCC1C1CC1N)C1CC1N. The maximum atomic E-state index is 6.52. The normalized spacial score (nSPS) is 58.5. The molecule has 0 aliphatic heterocycles. The molecule has 0 saturated heterocycles. The lowest BCUT2D eigenvalue weighted by Crippen LogP contribution is -2.37. The fourth-order valence-electron chi connectivity index (χ4n) is 9.27. The Morgan fingerprint density at radius 1 is 0.758 bits per heavy atom. The second-order valence-electron chi connectivity index (χ2n) is 14.0. The predicted octanol–water partition coefficient (Wildman–Crippen LogP) is 4.39. The van der Waals surface area contributed by atoms with Crippen LogP contribution in [-0.2, 0) is 0 Å². The van der Waals surface area contributed by atoms with Crippen LogP contribution in [0.15, 0.2) is 0 Å². The molecule has 33 heavy (non-hydrogen) atoms. The topological polar surface area (TPSA) is 78.1 Å². The molecule has 6 aliphatic carbocycles. The molecule has 3 nitrogen and oxygen atoms in total. The molecule has 0 amide bonds. The standard InChI is InChI=1S/C28H48BN3S/c1-13-4-17(28(27(33)5-13)22-9-23(22)29)8-16(20-11-25(20)31)7-15-6-14(19-10-24(19)30)2-3-18(15)21-12-26(21)32/h13-28,33H,2-12,30-32H2,1H3/t13-,14?,15?,16?,17?,18?,19?,20?,21?,22?,23?,24?,25?,26?,27?,28?/m0/s1. The maximum absolute atomic E-state index is 6.52. The molecule has 0 aromatic carbocycles. The van der Waals surface area contributed by atoms with Crippen molar-refractivity contribution in [2.75, 3.05) is 0 Å². The Bertz CT molecular complexity index is 721. The highest BCUT2D eigenvalue weighted by Crippen LogP contribution is 2.59. The van der Waals surface area contributed by atoms with Crippen molar-refractivity contribution in [1.82, 2.24) is 0 Å². The van der Waals surface area contributed by atoms with Crippen LogP contribution in [0.5, 0.6) is 0 Å². The Labute approximate surface area is 209 Å². The minimum Gasteiger partial charge on any atom is -0.327 e. The summed E-state index contributed by atoms with van der Waals surface area (Å²) in [6, 6.07) is 1.41. The van der Waals surface area contributed by atoms with Gasteiger partial charge in [0.25, 0.3) is 0 Å². The molecule has 0 aromatic rings. The summed E-state index contributed by atoms with van der Waals surface area (Å²) in [6.45, 7) is 2.45. The van der Waals surface area contributed by atoms with Gasteiger partial charge in [-0.1, -0.05) is 19.2 Å². The lowest BCUT2D eigenvalue weighted by Gasteiger charge is -2.43. The first-order valence-corrected chi connectivity index (χ1v) is 15.0. The van der Waals surface area contributed by atoms with Crippen LogP contribution < -0.4 is 17.2 Å². The molecular formula is C28H48BN3S. The molecule has 6 fully saturated rings. The molecule has 0 bridgehead atoms. The second kappa shape index (κ2) is 9.00. The minimum atomic E-state index is 0.435. The zero-order valence-electron chi connectivity index (χ0n) is 20.8. The summed E-state index contributed by atoms with van der Waals surface area (Å²) in [5.74, 6) is 9.23. The second-order valence-corrected chi connectivity index (χ2v) is 14.6. The van der Waals surface area contributed by atoms with Gasteiger partial charge >= 0.3 is 0 Å². The van der Waals surface area contributed by atoms with Crippen LogP contribution in [0.25, 0.3) is 0 Å². The predicted molar refractivity (Wildman–Crippen MR) is 141 cm³/mol. The lowest BCUT2D eigenvalue weighted by molar-refractivity contribution is 0.0900. The molecule has 16 atom stereocenters. The van der Waals surface area contributed by atoms with Gasteiger partial charge in [0.1, 0.15) is 0 Å². The van der Waals surface area contributed by atoms with Gasteiger partial charge in [0.05, 0.1) is 7.85 Å². The molecule has 2 radical (unpaired) electrons. The molecule has 15 unspecified atom stereocenters. The van der Waals surface area contributed by atoms with E-state index in [1.807, 2.05) is 0 Å². The lowest BCUT2D eigenvalue weighted by atomic mass is 9.64. The van der Waals surface area contributed by atoms with Crippen molar-refractivity contribution < 1.29 is 0 Å². The van der Waals surface area contributed by atoms with Crippen LogP contribution in [0.2, 0.25) is 5.82 Å². The Morgan fingerprint density at radius 3 is 1.97 bits per heavy atom. The van der Waals surface area contributed by atoms with Gasteiger partial charge in [-0.3, -0.25) is 0 Å². The highest BCUT2D eigenvalue weighted by molar-refractivity contribution is 7.81. The van der Waals surface area contributed by atoms with E-state index in [4.69, 9.17) is 37.7 Å². The number of nitrogens with two attached hydrogens (primary N) is 3. The fraction of sp³-hybridized carbons (Fsp3) is 1.00. The Kier molecular flexibility index (Phi) is 6.46. The summed E-state index contributed by atoms with van der Waals surface area (Å²) < 4.78 is 0. The van der Waals surface area contributed by atoms with Crippen molar-refractivity contribution in [3.8, 4) is 0 Å². The third-order valence-electron chi connectivity index (χ3n) is 11.5. The Balaban J connectivity index is 1.18. The summed E-state index contributed by atoms with van der Waals surface area (Å²) >= 11 is 5.14. The quantitative estimate of drug-likeness (QED) is 0.314. The molecule has 184 valence electrons. The average molecular weight is 470 g/mol. The van der Waals surface area contributed by atoms with Crippen molar-refractivity contribution in [3.63, 3.8) is 0 Å². The molecule has 6 rings (SSSR count). The molecule has 6 aliphatic rings. The van der Waals surface area contributed by atoms with Crippen LogP contribution in [0.4, 0.5) is 0 Å². The van der Waals surface area contributed by atoms with Crippen molar-refractivity contribution in [1.29, 1.82) is 0 Å². The van der Waals surface area contributed by atoms with Crippen LogP contribution in [0.3, 0.4) is 0 Å². The zero-order valence-corrected chi connectivity index (χ0v) is 21.7. The fourth-order valence-corrected chi connectivity index (χ4v) is 10.1. The van der Waals surface area contributed by atoms with Crippen LogP contribution in [0.1, 0.15) is 77.6 Å². The van der Waals surface area contributed by atoms with E-state index in [1.165, 1.54) is 70.6 Å². The average Bonchev–Trinajstić information content (AvgIpc) is 3.55. The van der Waals surface area contributed by atoms with Crippen molar-refractivity contribution >= 4 is 20.5 Å². The van der Waals surface area contributed by atoms with Gasteiger partial charge < -0.3 is 17.2 Å². The summed E-state index contributed by atoms with van der Waals surface area (Å²) in [5.41, 5.74) is 19.2. The van der Waals surface area contributed by atoms with Crippen molar-refractivity contribution in [2.24, 2.45) is 82.3 Å². The van der Waals surface area contributed by atoms with E-state index in [-0.39, 0.29) is 0 Å². The molecule has 0 heterocycles. The van der Waals surface area contributed by atoms with E-state index in [9.17, 15) is 0 Å². The van der Waals surface area contributed by atoms with E-state index in [1.54, 1.807) is 0 Å². The van der Waals surface area contributed by atoms with Gasteiger partial charge in [0, 0.05) is 23.4 Å². The Hall–Kier alpha value is 0.295. The molecular weight excluding hydrogens is 421 g/mol. The number of hydrogen-bond donors (Lipinski definition) is 4. The minimum absolute atomic E-state index is 0.435. The number of thiol groups is 1. The third kappa shape index (κ3) is 4.96. The maximum Gasteiger partial charge on any atom is 0.0703 e. The zero-order chi connectivity index (χ0) is 23.0.